The Labute approximate surface area is 141 Å². The lowest BCUT2D eigenvalue weighted by Crippen LogP contribution is -2.32. The molecule has 0 atom stereocenters. The van der Waals surface area contributed by atoms with Crippen LogP contribution in [0.2, 0.25) is 5.02 Å². The molecule has 0 aliphatic carbocycles. The molecule has 2 aromatic rings. The number of aryl methyl sites for hydroxylation is 2. The third kappa shape index (κ3) is 5.49. The van der Waals surface area contributed by atoms with E-state index >= 15 is 0 Å². The lowest BCUT2D eigenvalue weighted by atomic mass is 10.1. The second-order valence-corrected chi connectivity index (χ2v) is 5.57. The maximum Gasteiger partial charge on any atom is 0.258 e. The van der Waals surface area contributed by atoms with Gasteiger partial charge in [0.2, 0.25) is 0 Å². The highest BCUT2D eigenvalue weighted by Crippen LogP contribution is 2.22. The van der Waals surface area contributed by atoms with E-state index in [0.717, 1.165) is 5.56 Å². The second-order valence-electron chi connectivity index (χ2n) is 5.16. The number of nitrogens with one attached hydrogen (secondary N) is 1. The van der Waals surface area contributed by atoms with E-state index in [1.807, 2.05) is 44.2 Å². The van der Waals surface area contributed by atoms with Crippen LogP contribution in [0, 0.1) is 13.8 Å². The predicted molar refractivity (Wildman–Crippen MR) is 91.4 cm³/mol. The number of carbonyl (C=O) groups excluding carboxylic acids is 1. The zero-order chi connectivity index (χ0) is 16.7. The van der Waals surface area contributed by atoms with Crippen LogP contribution < -0.4 is 14.8 Å². The molecule has 5 heteroatoms. The number of carbonyl (C=O) groups is 1. The smallest absolute Gasteiger partial charge is 0.258 e. The minimum Gasteiger partial charge on any atom is -0.490 e. The molecule has 1 amide bonds. The predicted octanol–water partition coefficient (Wildman–Crippen LogP) is 3.53. The lowest BCUT2D eigenvalue weighted by molar-refractivity contribution is -0.123. The van der Waals surface area contributed by atoms with Gasteiger partial charge in [-0.05, 0) is 49.2 Å². The highest BCUT2D eigenvalue weighted by molar-refractivity contribution is 6.32. The highest BCUT2D eigenvalue weighted by atomic mass is 35.5. The van der Waals surface area contributed by atoms with E-state index in [1.165, 1.54) is 5.56 Å². The molecular weight excluding hydrogens is 314 g/mol. The van der Waals surface area contributed by atoms with Gasteiger partial charge in [0.1, 0.15) is 18.1 Å². The summed E-state index contributed by atoms with van der Waals surface area (Å²) in [5.74, 6) is 1.11. The van der Waals surface area contributed by atoms with E-state index in [1.54, 1.807) is 12.1 Å². The van der Waals surface area contributed by atoms with E-state index < -0.39 is 0 Å². The standard InChI is InChI=1S/C18H20ClNO3/c1-13-7-8-15(11-14(13)2)23-12-18(21)20-9-10-22-17-6-4-3-5-16(17)19/h3-8,11H,9-10,12H2,1-2H3,(H,20,21). The van der Waals surface area contributed by atoms with E-state index in [9.17, 15) is 4.79 Å². The van der Waals surface area contributed by atoms with Crippen LogP contribution in [0.25, 0.3) is 0 Å². The van der Waals surface area contributed by atoms with Gasteiger partial charge in [-0.1, -0.05) is 29.8 Å². The quantitative estimate of drug-likeness (QED) is 0.788. The first-order valence-electron chi connectivity index (χ1n) is 7.40. The van der Waals surface area contributed by atoms with Crippen LogP contribution in [0.4, 0.5) is 0 Å². The van der Waals surface area contributed by atoms with Crippen LogP contribution in [0.3, 0.4) is 0 Å². The molecular formula is C18H20ClNO3. The van der Waals surface area contributed by atoms with Crippen molar-refractivity contribution in [2.24, 2.45) is 0 Å². The molecule has 4 nitrogen and oxygen atoms in total. The van der Waals surface area contributed by atoms with Crippen molar-refractivity contribution < 1.29 is 14.3 Å². The first-order valence-corrected chi connectivity index (χ1v) is 7.78. The van der Waals surface area contributed by atoms with Crippen molar-refractivity contribution in [2.75, 3.05) is 19.8 Å². The van der Waals surface area contributed by atoms with Crippen molar-refractivity contribution in [1.82, 2.24) is 5.32 Å². The van der Waals surface area contributed by atoms with Gasteiger partial charge in [0.05, 0.1) is 11.6 Å². The van der Waals surface area contributed by atoms with Gasteiger partial charge in [0, 0.05) is 0 Å². The minimum atomic E-state index is -0.189. The molecule has 0 saturated carbocycles. The highest BCUT2D eigenvalue weighted by Gasteiger charge is 2.04. The molecule has 0 saturated heterocycles. The van der Waals surface area contributed by atoms with Crippen molar-refractivity contribution in [2.45, 2.75) is 13.8 Å². The third-order valence-corrected chi connectivity index (χ3v) is 3.68. The van der Waals surface area contributed by atoms with E-state index in [0.29, 0.717) is 29.7 Å². The van der Waals surface area contributed by atoms with Crippen molar-refractivity contribution in [3.05, 3.63) is 58.6 Å². The molecule has 23 heavy (non-hydrogen) atoms. The number of hydrogen-bond acceptors (Lipinski definition) is 3. The monoisotopic (exact) mass is 333 g/mol. The minimum absolute atomic E-state index is 0.0193. The molecule has 0 aliphatic rings. The summed E-state index contributed by atoms with van der Waals surface area (Å²) in [5.41, 5.74) is 2.33. The molecule has 2 rings (SSSR count). The third-order valence-electron chi connectivity index (χ3n) is 3.37. The SMILES string of the molecule is Cc1ccc(OCC(=O)NCCOc2ccccc2Cl)cc1C. The summed E-state index contributed by atoms with van der Waals surface area (Å²) in [7, 11) is 0. The van der Waals surface area contributed by atoms with Crippen LogP contribution in [-0.4, -0.2) is 25.7 Å². The van der Waals surface area contributed by atoms with Gasteiger partial charge in [-0.25, -0.2) is 0 Å². The summed E-state index contributed by atoms with van der Waals surface area (Å²) in [5, 5.41) is 3.29. The Hall–Kier alpha value is -2.20. The van der Waals surface area contributed by atoms with Crippen LogP contribution in [-0.2, 0) is 4.79 Å². The molecule has 0 unspecified atom stereocenters. The van der Waals surface area contributed by atoms with Crippen LogP contribution in [0.1, 0.15) is 11.1 Å². The number of amides is 1. The number of halogens is 1. The number of rotatable bonds is 7. The Kier molecular flexibility index (Phi) is 6.29. The van der Waals surface area contributed by atoms with Crippen LogP contribution in [0.5, 0.6) is 11.5 Å². The fourth-order valence-electron chi connectivity index (χ4n) is 1.92. The fraction of sp³-hybridized carbons (Fsp3) is 0.278. The molecule has 0 spiro atoms. The number of ether oxygens (including phenoxy) is 2. The zero-order valence-electron chi connectivity index (χ0n) is 13.3. The Morgan fingerprint density at radius 1 is 1.09 bits per heavy atom. The Morgan fingerprint density at radius 2 is 1.87 bits per heavy atom. The molecule has 1 N–H and O–H groups in total. The normalized spacial score (nSPS) is 10.2. The Morgan fingerprint density at radius 3 is 2.61 bits per heavy atom. The summed E-state index contributed by atoms with van der Waals surface area (Å²) in [4.78, 5) is 11.7. The number of benzene rings is 2. The first-order chi connectivity index (χ1) is 11.1. The topological polar surface area (TPSA) is 47.6 Å². The van der Waals surface area contributed by atoms with Gasteiger partial charge in [0.25, 0.3) is 5.91 Å². The Bertz CT molecular complexity index is 673. The van der Waals surface area contributed by atoms with Crippen molar-refractivity contribution in [3.63, 3.8) is 0 Å². The number of para-hydroxylation sites is 1. The van der Waals surface area contributed by atoms with Crippen molar-refractivity contribution in [3.8, 4) is 11.5 Å². The van der Waals surface area contributed by atoms with E-state index in [-0.39, 0.29) is 12.5 Å². The van der Waals surface area contributed by atoms with Gasteiger partial charge in [-0.2, -0.15) is 0 Å². The van der Waals surface area contributed by atoms with Crippen molar-refractivity contribution in [1.29, 1.82) is 0 Å². The molecule has 0 heterocycles. The van der Waals surface area contributed by atoms with Gasteiger partial charge in [0.15, 0.2) is 6.61 Å². The van der Waals surface area contributed by atoms with Gasteiger partial charge >= 0.3 is 0 Å². The summed E-state index contributed by atoms with van der Waals surface area (Å²) >= 11 is 5.97. The zero-order valence-corrected chi connectivity index (χ0v) is 14.0. The molecule has 0 aliphatic heterocycles. The van der Waals surface area contributed by atoms with Gasteiger partial charge < -0.3 is 14.8 Å². The molecule has 0 radical (unpaired) electrons. The number of hydrogen-bond donors (Lipinski definition) is 1. The molecule has 0 aromatic heterocycles. The summed E-state index contributed by atoms with van der Waals surface area (Å²) in [6.45, 7) is 4.76. The molecule has 122 valence electrons. The molecule has 2 aromatic carbocycles. The average molecular weight is 334 g/mol. The maximum atomic E-state index is 11.7. The van der Waals surface area contributed by atoms with Crippen LogP contribution in [0.15, 0.2) is 42.5 Å². The molecule has 0 fully saturated rings. The molecule has 0 bridgehead atoms. The van der Waals surface area contributed by atoms with Gasteiger partial charge in [-0.15, -0.1) is 0 Å². The summed E-state index contributed by atoms with van der Waals surface area (Å²) in [6.07, 6.45) is 0. The lowest BCUT2D eigenvalue weighted by Gasteiger charge is -2.10. The van der Waals surface area contributed by atoms with Gasteiger partial charge in [-0.3, -0.25) is 4.79 Å². The Balaban J connectivity index is 1.67. The fourth-order valence-corrected chi connectivity index (χ4v) is 2.11. The van der Waals surface area contributed by atoms with Crippen LogP contribution >= 0.6 is 11.6 Å². The maximum absolute atomic E-state index is 11.7. The van der Waals surface area contributed by atoms with E-state index in [4.69, 9.17) is 21.1 Å². The van der Waals surface area contributed by atoms with Crippen molar-refractivity contribution >= 4 is 17.5 Å². The van der Waals surface area contributed by atoms with E-state index in [2.05, 4.69) is 5.32 Å². The second kappa shape index (κ2) is 8.44. The summed E-state index contributed by atoms with van der Waals surface area (Å²) < 4.78 is 11.0. The summed E-state index contributed by atoms with van der Waals surface area (Å²) in [6, 6.07) is 13.0. The average Bonchev–Trinajstić information content (AvgIpc) is 2.54. The largest absolute Gasteiger partial charge is 0.490 e. The first kappa shape index (κ1) is 17.2.